The Bertz CT molecular complexity index is 605. The van der Waals surface area contributed by atoms with E-state index in [9.17, 15) is 9.59 Å². The van der Waals surface area contributed by atoms with E-state index >= 15 is 0 Å². The smallest absolute Gasteiger partial charge is 0.317 e. The van der Waals surface area contributed by atoms with E-state index < -0.39 is 0 Å². The van der Waals surface area contributed by atoms with Gasteiger partial charge in [0, 0.05) is 25.6 Å². The molecule has 1 aliphatic heterocycles. The van der Waals surface area contributed by atoms with Crippen molar-refractivity contribution in [1.82, 2.24) is 15.5 Å². The average Bonchev–Trinajstić information content (AvgIpc) is 2.70. The second kappa shape index (κ2) is 9.77. The number of carbonyl (C=O) groups is 2. The Morgan fingerprint density at radius 2 is 1.70 bits per heavy atom. The molecule has 148 valence electrons. The topological polar surface area (TPSA) is 61.4 Å². The van der Waals surface area contributed by atoms with Crippen molar-refractivity contribution in [3.63, 3.8) is 0 Å². The SMILES string of the molecule is CC(NC(=O)CC1CCN(C(=O)NC2CCCCC2)CC1)c1ccccc1. The van der Waals surface area contributed by atoms with Crippen LogP contribution in [0.5, 0.6) is 0 Å². The summed E-state index contributed by atoms with van der Waals surface area (Å²) < 4.78 is 0. The fourth-order valence-corrected chi connectivity index (χ4v) is 4.24. The number of piperidine rings is 1. The van der Waals surface area contributed by atoms with E-state index in [1.54, 1.807) is 0 Å². The summed E-state index contributed by atoms with van der Waals surface area (Å²) in [6.45, 7) is 3.53. The molecule has 1 aliphatic carbocycles. The lowest BCUT2D eigenvalue weighted by molar-refractivity contribution is -0.122. The van der Waals surface area contributed by atoms with Gasteiger partial charge in [0.1, 0.15) is 0 Å². The van der Waals surface area contributed by atoms with Crippen LogP contribution >= 0.6 is 0 Å². The molecule has 1 atom stereocenters. The van der Waals surface area contributed by atoms with Gasteiger partial charge in [-0.25, -0.2) is 4.79 Å². The van der Waals surface area contributed by atoms with Gasteiger partial charge < -0.3 is 15.5 Å². The van der Waals surface area contributed by atoms with E-state index in [4.69, 9.17) is 0 Å². The molecule has 3 rings (SSSR count). The number of likely N-dealkylation sites (tertiary alicyclic amines) is 1. The number of carbonyl (C=O) groups excluding carboxylic acids is 2. The summed E-state index contributed by atoms with van der Waals surface area (Å²) in [5.74, 6) is 0.475. The number of urea groups is 1. The van der Waals surface area contributed by atoms with Crippen LogP contribution in [-0.2, 0) is 4.79 Å². The molecule has 5 nitrogen and oxygen atoms in total. The van der Waals surface area contributed by atoms with Crippen LogP contribution in [0.15, 0.2) is 30.3 Å². The van der Waals surface area contributed by atoms with E-state index in [0.29, 0.717) is 18.4 Å². The molecular formula is C22H33N3O2. The summed E-state index contributed by atoms with van der Waals surface area (Å²) in [6.07, 6.45) is 8.34. The zero-order valence-electron chi connectivity index (χ0n) is 16.5. The summed E-state index contributed by atoms with van der Waals surface area (Å²) in [4.78, 5) is 26.7. The molecule has 0 bridgehead atoms. The van der Waals surface area contributed by atoms with Gasteiger partial charge in [0.25, 0.3) is 0 Å². The summed E-state index contributed by atoms with van der Waals surface area (Å²) in [7, 11) is 0. The van der Waals surface area contributed by atoms with Crippen molar-refractivity contribution in [3.05, 3.63) is 35.9 Å². The van der Waals surface area contributed by atoms with Crippen molar-refractivity contribution >= 4 is 11.9 Å². The lowest BCUT2D eigenvalue weighted by Gasteiger charge is -2.34. The van der Waals surface area contributed by atoms with Crippen molar-refractivity contribution < 1.29 is 9.59 Å². The molecule has 5 heteroatoms. The number of hydrogen-bond donors (Lipinski definition) is 2. The predicted molar refractivity (Wildman–Crippen MR) is 107 cm³/mol. The van der Waals surface area contributed by atoms with Crippen LogP contribution in [0, 0.1) is 5.92 Å². The van der Waals surface area contributed by atoms with Crippen molar-refractivity contribution in [3.8, 4) is 0 Å². The molecule has 1 saturated carbocycles. The molecule has 1 aromatic carbocycles. The van der Waals surface area contributed by atoms with Gasteiger partial charge in [0.05, 0.1) is 6.04 Å². The Hall–Kier alpha value is -2.04. The first kappa shape index (κ1) is 19.7. The Morgan fingerprint density at radius 3 is 2.37 bits per heavy atom. The van der Waals surface area contributed by atoms with Crippen LogP contribution in [0.4, 0.5) is 4.79 Å². The lowest BCUT2D eigenvalue weighted by Crippen LogP contribution is -2.48. The third-order valence-electron chi connectivity index (χ3n) is 5.99. The second-order valence-electron chi connectivity index (χ2n) is 8.12. The Labute approximate surface area is 162 Å². The van der Waals surface area contributed by atoms with Gasteiger partial charge in [-0.05, 0) is 44.1 Å². The normalized spacial score (nSPS) is 20.1. The van der Waals surface area contributed by atoms with Crippen molar-refractivity contribution in [2.45, 2.75) is 70.4 Å². The molecule has 3 amide bonds. The number of amides is 3. The number of nitrogens with one attached hydrogen (secondary N) is 2. The van der Waals surface area contributed by atoms with Gasteiger partial charge in [-0.1, -0.05) is 49.6 Å². The fraction of sp³-hybridized carbons (Fsp3) is 0.636. The number of benzene rings is 1. The first-order valence-corrected chi connectivity index (χ1v) is 10.5. The predicted octanol–water partition coefficient (Wildman–Crippen LogP) is 4.01. The van der Waals surface area contributed by atoms with Crippen molar-refractivity contribution in [2.75, 3.05) is 13.1 Å². The van der Waals surface area contributed by atoms with E-state index in [0.717, 1.165) is 44.3 Å². The van der Waals surface area contributed by atoms with Gasteiger partial charge in [-0.2, -0.15) is 0 Å². The maximum absolute atomic E-state index is 12.4. The van der Waals surface area contributed by atoms with Crippen LogP contribution in [-0.4, -0.2) is 36.0 Å². The van der Waals surface area contributed by atoms with Crippen LogP contribution in [0.25, 0.3) is 0 Å². The highest BCUT2D eigenvalue weighted by atomic mass is 16.2. The summed E-state index contributed by atoms with van der Waals surface area (Å²) in [6, 6.07) is 10.5. The first-order chi connectivity index (χ1) is 13.1. The van der Waals surface area contributed by atoms with Gasteiger partial charge in [0.15, 0.2) is 0 Å². The van der Waals surface area contributed by atoms with Gasteiger partial charge in [0.2, 0.25) is 5.91 Å². The van der Waals surface area contributed by atoms with Crippen LogP contribution in [0.1, 0.15) is 69.9 Å². The zero-order chi connectivity index (χ0) is 19.1. The molecule has 1 saturated heterocycles. The van der Waals surface area contributed by atoms with Gasteiger partial charge in [-0.15, -0.1) is 0 Å². The molecule has 2 aliphatic rings. The molecule has 2 N–H and O–H groups in total. The maximum Gasteiger partial charge on any atom is 0.317 e. The van der Waals surface area contributed by atoms with Crippen LogP contribution < -0.4 is 10.6 Å². The first-order valence-electron chi connectivity index (χ1n) is 10.5. The molecular weight excluding hydrogens is 338 g/mol. The zero-order valence-corrected chi connectivity index (χ0v) is 16.5. The highest BCUT2D eigenvalue weighted by Gasteiger charge is 2.26. The maximum atomic E-state index is 12.4. The molecule has 2 fully saturated rings. The number of rotatable bonds is 5. The number of nitrogens with zero attached hydrogens (tertiary/aromatic N) is 1. The minimum Gasteiger partial charge on any atom is -0.350 e. The van der Waals surface area contributed by atoms with E-state index in [1.165, 1.54) is 19.3 Å². The van der Waals surface area contributed by atoms with E-state index in [-0.39, 0.29) is 18.0 Å². The molecule has 0 spiro atoms. The summed E-state index contributed by atoms with van der Waals surface area (Å²) in [5.41, 5.74) is 1.13. The van der Waals surface area contributed by atoms with Gasteiger partial charge in [-0.3, -0.25) is 4.79 Å². The lowest BCUT2D eigenvalue weighted by atomic mass is 9.93. The largest absolute Gasteiger partial charge is 0.350 e. The Balaban J connectivity index is 1.37. The standard InChI is InChI=1S/C22H33N3O2/c1-17(19-8-4-2-5-9-19)23-21(26)16-18-12-14-25(15-13-18)22(27)24-20-10-6-3-7-11-20/h2,4-5,8-9,17-18,20H,3,6-7,10-16H2,1H3,(H,23,26)(H,24,27). The average molecular weight is 372 g/mol. The van der Waals surface area contributed by atoms with Crippen molar-refractivity contribution in [1.29, 1.82) is 0 Å². The monoisotopic (exact) mass is 371 g/mol. The van der Waals surface area contributed by atoms with E-state index in [2.05, 4.69) is 10.6 Å². The third-order valence-corrected chi connectivity index (χ3v) is 5.99. The molecule has 1 heterocycles. The quantitative estimate of drug-likeness (QED) is 0.821. The molecule has 1 unspecified atom stereocenters. The minimum absolute atomic E-state index is 0.0278. The molecule has 27 heavy (non-hydrogen) atoms. The number of hydrogen-bond acceptors (Lipinski definition) is 2. The van der Waals surface area contributed by atoms with E-state index in [1.807, 2.05) is 42.2 Å². The minimum atomic E-state index is 0.0278. The second-order valence-corrected chi connectivity index (χ2v) is 8.12. The fourth-order valence-electron chi connectivity index (χ4n) is 4.24. The van der Waals surface area contributed by atoms with Crippen LogP contribution in [0.3, 0.4) is 0 Å². The summed E-state index contributed by atoms with van der Waals surface area (Å²) >= 11 is 0. The highest BCUT2D eigenvalue weighted by Crippen LogP contribution is 2.22. The molecule has 1 aromatic rings. The summed E-state index contributed by atoms with van der Waals surface area (Å²) in [5, 5.41) is 6.30. The third kappa shape index (κ3) is 5.98. The molecule has 0 radical (unpaired) electrons. The molecule has 0 aromatic heterocycles. The van der Waals surface area contributed by atoms with Crippen LogP contribution in [0.2, 0.25) is 0 Å². The Kier molecular flexibility index (Phi) is 7.13. The highest BCUT2D eigenvalue weighted by molar-refractivity contribution is 5.77. The van der Waals surface area contributed by atoms with Crippen molar-refractivity contribution in [2.24, 2.45) is 5.92 Å². The Morgan fingerprint density at radius 1 is 1.04 bits per heavy atom. The van der Waals surface area contributed by atoms with Gasteiger partial charge >= 0.3 is 6.03 Å².